The van der Waals surface area contributed by atoms with E-state index in [1.165, 1.54) is 9.80 Å². The molecule has 31 heavy (non-hydrogen) atoms. The number of nitrogens with zero attached hydrogens (tertiary/aromatic N) is 2. The zero-order valence-electron chi connectivity index (χ0n) is 17.0. The maximum Gasteiger partial charge on any atom is 0.238 e. The van der Waals surface area contributed by atoms with Gasteiger partial charge in [0.15, 0.2) is 0 Å². The summed E-state index contributed by atoms with van der Waals surface area (Å²) < 4.78 is 0. The summed E-state index contributed by atoms with van der Waals surface area (Å²) in [5.74, 6) is -0.0712. The lowest BCUT2D eigenvalue weighted by Crippen LogP contribution is -2.34. The van der Waals surface area contributed by atoms with Gasteiger partial charge in [0.25, 0.3) is 0 Å². The monoisotopic (exact) mass is 438 g/mol. The number of fused-ring (bicyclic) bond motifs is 10. The molecular formula is C24H23ClN2O4. The van der Waals surface area contributed by atoms with Gasteiger partial charge in [0.05, 0.1) is 40.1 Å². The minimum atomic E-state index is -0.210. The van der Waals surface area contributed by atoms with E-state index in [9.17, 15) is 19.2 Å². The number of carbonyl (C=O) groups is 4. The molecule has 0 radical (unpaired) electrons. The van der Waals surface area contributed by atoms with Crippen molar-refractivity contribution < 1.29 is 19.2 Å². The van der Waals surface area contributed by atoms with Crippen LogP contribution in [0.4, 0.5) is 11.4 Å². The predicted molar refractivity (Wildman–Crippen MR) is 112 cm³/mol. The highest BCUT2D eigenvalue weighted by molar-refractivity contribution is 6.37. The van der Waals surface area contributed by atoms with E-state index in [4.69, 9.17) is 11.6 Å². The van der Waals surface area contributed by atoms with Crippen LogP contribution in [0.15, 0.2) is 18.2 Å². The van der Waals surface area contributed by atoms with Crippen LogP contribution in [-0.4, -0.2) is 23.6 Å². The molecular weight excluding hydrogens is 416 g/mol. The first-order chi connectivity index (χ1) is 15.0. The highest BCUT2D eigenvalue weighted by atomic mass is 35.5. The molecule has 6 nitrogen and oxygen atoms in total. The Kier molecular flexibility index (Phi) is 3.54. The molecule has 2 saturated heterocycles. The Hall–Kier alpha value is -2.21. The second kappa shape index (κ2) is 5.97. The van der Waals surface area contributed by atoms with Crippen LogP contribution in [0.25, 0.3) is 0 Å². The minimum absolute atomic E-state index is 0.120. The summed E-state index contributed by atoms with van der Waals surface area (Å²) in [4.78, 5) is 55.0. The number of imide groups is 2. The predicted octanol–water partition coefficient (Wildman–Crippen LogP) is 3.41. The van der Waals surface area contributed by atoms with Crippen molar-refractivity contribution >= 4 is 46.6 Å². The Labute approximate surface area is 184 Å². The van der Waals surface area contributed by atoms with Crippen molar-refractivity contribution in [3.8, 4) is 0 Å². The van der Waals surface area contributed by atoms with Gasteiger partial charge in [0, 0.05) is 0 Å². The molecule has 0 unspecified atom stereocenters. The third-order valence-corrected chi connectivity index (χ3v) is 9.59. The largest absolute Gasteiger partial charge is 0.274 e. The molecule has 0 aromatic heterocycles. The van der Waals surface area contributed by atoms with Crippen LogP contribution >= 0.6 is 11.6 Å². The SMILES string of the molecule is O=C1[C@@H]2[C@H]3CC[C@@H](C3)[C@@H]2C(=O)N1c1ccc(N2C(=O)[C@@H]3[C@H]4CC[C@@H](C4)[C@H]3C2=O)c(Cl)c1. The molecule has 8 atom stereocenters. The lowest BCUT2D eigenvalue weighted by Gasteiger charge is -2.21. The first kappa shape index (κ1) is 18.4. The Morgan fingerprint density at radius 1 is 0.645 bits per heavy atom. The van der Waals surface area contributed by atoms with E-state index in [0.717, 1.165) is 38.5 Å². The van der Waals surface area contributed by atoms with Gasteiger partial charge in [-0.1, -0.05) is 11.6 Å². The first-order valence-electron chi connectivity index (χ1n) is 11.5. The van der Waals surface area contributed by atoms with Crippen LogP contribution in [0.5, 0.6) is 0 Å². The Morgan fingerprint density at radius 2 is 1.06 bits per heavy atom. The Morgan fingerprint density at radius 3 is 1.48 bits per heavy atom. The summed E-state index contributed by atoms with van der Waals surface area (Å²) in [6.07, 6.45) is 6.08. The second-order valence-corrected chi connectivity index (χ2v) is 10.8. The number of halogens is 1. The van der Waals surface area contributed by atoms with Gasteiger partial charge in [-0.3, -0.25) is 19.2 Å². The number of hydrogen-bond donors (Lipinski definition) is 0. The Balaban J connectivity index is 1.21. The average molecular weight is 439 g/mol. The molecule has 1 aromatic rings. The van der Waals surface area contributed by atoms with Gasteiger partial charge in [-0.15, -0.1) is 0 Å². The lowest BCUT2D eigenvalue weighted by molar-refractivity contribution is -0.124. The van der Waals surface area contributed by atoms with Gasteiger partial charge in [0.2, 0.25) is 23.6 Å². The van der Waals surface area contributed by atoms with E-state index < -0.39 is 0 Å². The molecule has 6 fully saturated rings. The van der Waals surface area contributed by atoms with Crippen LogP contribution in [0.2, 0.25) is 5.02 Å². The van der Waals surface area contributed by atoms with Gasteiger partial charge in [-0.2, -0.15) is 0 Å². The van der Waals surface area contributed by atoms with Crippen LogP contribution in [0, 0.1) is 47.3 Å². The maximum absolute atomic E-state index is 13.1. The third-order valence-electron chi connectivity index (χ3n) is 9.29. The molecule has 0 spiro atoms. The van der Waals surface area contributed by atoms with Crippen LogP contribution in [0.1, 0.15) is 38.5 Å². The topological polar surface area (TPSA) is 74.8 Å². The molecule has 1 aromatic carbocycles. The average Bonchev–Trinajstić information content (AvgIpc) is 3.56. The quantitative estimate of drug-likeness (QED) is 0.663. The van der Waals surface area contributed by atoms with Crippen LogP contribution < -0.4 is 9.80 Å². The highest BCUT2D eigenvalue weighted by Crippen LogP contribution is 2.58. The van der Waals surface area contributed by atoms with E-state index >= 15 is 0 Å². The summed E-state index contributed by atoms with van der Waals surface area (Å²) in [6.45, 7) is 0. The van der Waals surface area contributed by atoms with Gasteiger partial charge in [0.1, 0.15) is 0 Å². The van der Waals surface area contributed by atoms with Gasteiger partial charge >= 0.3 is 0 Å². The van der Waals surface area contributed by atoms with E-state index in [1.54, 1.807) is 18.2 Å². The number of hydrogen-bond acceptors (Lipinski definition) is 4. The summed E-state index contributed by atoms with van der Waals surface area (Å²) in [6, 6.07) is 4.85. The second-order valence-electron chi connectivity index (χ2n) is 10.4. The van der Waals surface area contributed by atoms with Crippen molar-refractivity contribution in [1.29, 1.82) is 0 Å². The lowest BCUT2D eigenvalue weighted by atomic mass is 9.81. The molecule has 4 saturated carbocycles. The Bertz CT molecular complexity index is 1030. The normalized spacial score (nSPS) is 42.4. The van der Waals surface area contributed by atoms with E-state index in [-0.39, 0.29) is 52.3 Å². The van der Waals surface area contributed by atoms with Crippen LogP contribution in [-0.2, 0) is 19.2 Å². The fourth-order valence-corrected chi connectivity index (χ4v) is 8.38. The summed E-state index contributed by atoms with van der Waals surface area (Å²) in [5.41, 5.74) is 0.811. The minimum Gasteiger partial charge on any atom is -0.274 e. The van der Waals surface area contributed by atoms with Crippen molar-refractivity contribution in [3.63, 3.8) is 0 Å². The molecule has 0 N–H and O–H groups in total. The molecule has 2 aliphatic heterocycles. The molecule has 4 amide bonds. The number of carbonyl (C=O) groups excluding carboxylic acids is 4. The molecule has 4 aliphatic carbocycles. The third kappa shape index (κ3) is 2.15. The van der Waals surface area contributed by atoms with E-state index in [1.807, 2.05) is 0 Å². The van der Waals surface area contributed by atoms with Crippen LogP contribution in [0.3, 0.4) is 0 Å². The smallest absolute Gasteiger partial charge is 0.238 e. The van der Waals surface area contributed by atoms with E-state index in [0.29, 0.717) is 35.0 Å². The summed E-state index contributed by atoms with van der Waals surface area (Å²) >= 11 is 6.55. The van der Waals surface area contributed by atoms with Crippen molar-refractivity contribution in [2.24, 2.45) is 47.3 Å². The van der Waals surface area contributed by atoms with Gasteiger partial charge in [-0.25, -0.2) is 9.80 Å². The molecule has 6 aliphatic rings. The summed E-state index contributed by atoms with van der Waals surface area (Å²) in [5, 5.41) is 0.229. The maximum atomic E-state index is 13.1. The van der Waals surface area contributed by atoms with Crippen molar-refractivity contribution in [2.75, 3.05) is 9.80 Å². The molecule has 7 rings (SSSR count). The van der Waals surface area contributed by atoms with Crippen molar-refractivity contribution in [3.05, 3.63) is 23.2 Å². The number of anilines is 2. The van der Waals surface area contributed by atoms with Crippen molar-refractivity contribution in [2.45, 2.75) is 38.5 Å². The standard InChI is InChI=1S/C24H23ClN2O4/c25-15-9-14(26-21(28)17-10-1-2-11(7-10)18(17)22(26)29)5-6-16(15)27-23(30)19-12-3-4-13(8-12)20(19)24(27)31/h5-6,9-13,17-20H,1-4,7-8H2/t10-,11-,12-,13-,17-,18+,19+,20+/m0/s1. The molecule has 160 valence electrons. The van der Waals surface area contributed by atoms with Gasteiger partial charge in [-0.05, 0) is 80.4 Å². The number of amides is 4. The number of rotatable bonds is 2. The first-order valence-corrected chi connectivity index (χ1v) is 11.9. The zero-order valence-corrected chi connectivity index (χ0v) is 17.8. The van der Waals surface area contributed by atoms with Gasteiger partial charge < -0.3 is 0 Å². The molecule has 2 heterocycles. The van der Waals surface area contributed by atoms with Crippen molar-refractivity contribution in [1.82, 2.24) is 0 Å². The highest BCUT2D eigenvalue weighted by Gasteiger charge is 2.62. The fourth-order valence-electron chi connectivity index (χ4n) is 8.13. The number of benzene rings is 1. The fraction of sp³-hybridized carbons (Fsp3) is 0.583. The molecule has 7 heteroatoms. The van der Waals surface area contributed by atoms with E-state index in [2.05, 4.69) is 0 Å². The molecule has 4 bridgehead atoms. The zero-order chi connectivity index (χ0) is 21.2. The summed E-state index contributed by atoms with van der Waals surface area (Å²) in [7, 11) is 0.